The van der Waals surface area contributed by atoms with Crippen molar-refractivity contribution in [2.75, 3.05) is 48.9 Å². The minimum Gasteiger partial charge on any atom is -0.475 e. The number of anilines is 2. The van der Waals surface area contributed by atoms with Gasteiger partial charge in [0.1, 0.15) is 5.82 Å². The molecule has 0 radical (unpaired) electrons. The van der Waals surface area contributed by atoms with Crippen molar-refractivity contribution < 1.29 is 36.3 Å². The summed E-state index contributed by atoms with van der Waals surface area (Å²) in [6.07, 6.45) is 2.28. The van der Waals surface area contributed by atoms with Gasteiger partial charge in [0.15, 0.2) is 0 Å². The number of hydrogen-bond donors (Lipinski definition) is 3. The molecule has 0 unspecified atom stereocenters. The van der Waals surface area contributed by atoms with Gasteiger partial charge in [0, 0.05) is 39.3 Å². The van der Waals surface area contributed by atoms with Crippen molar-refractivity contribution in [1.82, 2.24) is 15.2 Å². The highest BCUT2D eigenvalue weighted by Crippen LogP contribution is 2.28. The highest BCUT2D eigenvalue weighted by atomic mass is 32.2. The zero-order chi connectivity index (χ0) is 30.9. The Balaban J connectivity index is 0.000000616. The van der Waals surface area contributed by atoms with E-state index in [1.165, 1.54) is 11.8 Å². The molecule has 4 rings (SSSR count). The molecule has 2 heterocycles. The van der Waals surface area contributed by atoms with Gasteiger partial charge in [-0.15, -0.1) is 0 Å². The van der Waals surface area contributed by atoms with Gasteiger partial charge >= 0.3 is 12.1 Å². The summed E-state index contributed by atoms with van der Waals surface area (Å²) in [5.41, 5.74) is 3.09. The Morgan fingerprint density at radius 2 is 1.64 bits per heavy atom. The first kappa shape index (κ1) is 33.1. The first-order chi connectivity index (χ1) is 19.9. The maximum absolute atomic E-state index is 13.6. The molecule has 232 valence electrons. The molecule has 10 nitrogen and oxygen atoms in total. The van der Waals surface area contributed by atoms with Gasteiger partial charge in [-0.1, -0.05) is 19.9 Å². The number of halogens is 3. The number of amides is 1. The number of carbonyl (C=O) groups excluding carboxylic acids is 1. The van der Waals surface area contributed by atoms with Crippen LogP contribution in [0.5, 0.6) is 0 Å². The van der Waals surface area contributed by atoms with Gasteiger partial charge in [-0.25, -0.2) is 18.2 Å². The number of aryl methyl sites for hydroxylation is 2. The smallest absolute Gasteiger partial charge is 0.475 e. The van der Waals surface area contributed by atoms with Crippen LogP contribution >= 0.6 is 0 Å². The molecular weight excluding hydrogens is 575 g/mol. The van der Waals surface area contributed by atoms with Crippen molar-refractivity contribution in [3.05, 3.63) is 47.2 Å². The molecule has 42 heavy (non-hydrogen) atoms. The van der Waals surface area contributed by atoms with Crippen LogP contribution in [-0.4, -0.2) is 80.7 Å². The molecule has 2 aliphatic rings. The molecule has 1 saturated heterocycles. The van der Waals surface area contributed by atoms with E-state index in [4.69, 9.17) is 9.90 Å². The zero-order valence-corrected chi connectivity index (χ0v) is 24.7. The lowest BCUT2D eigenvalue weighted by molar-refractivity contribution is -0.192. The third kappa shape index (κ3) is 8.81. The quantitative estimate of drug-likeness (QED) is 0.386. The number of rotatable bonds is 9. The molecule has 2 aromatic rings. The van der Waals surface area contributed by atoms with Gasteiger partial charge < -0.3 is 20.2 Å². The summed E-state index contributed by atoms with van der Waals surface area (Å²) in [7, 11) is -3.81. The molecule has 0 atom stereocenters. The summed E-state index contributed by atoms with van der Waals surface area (Å²) in [6.45, 7) is 8.52. The van der Waals surface area contributed by atoms with E-state index in [1.54, 1.807) is 18.2 Å². The van der Waals surface area contributed by atoms with Gasteiger partial charge in [-0.3, -0.25) is 9.52 Å². The summed E-state index contributed by atoms with van der Waals surface area (Å²) in [5, 5.41) is 10.4. The average Bonchev–Trinajstić information content (AvgIpc) is 2.96. The van der Waals surface area contributed by atoms with Crippen molar-refractivity contribution in [3.8, 4) is 0 Å². The number of pyridine rings is 1. The van der Waals surface area contributed by atoms with Gasteiger partial charge in [0.2, 0.25) is 0 Å². The summed E-state index contributed by atoms with van der Waals surface area (Å²) in [4.78, 5) is 31.3. The van der Waals surface area contributed by atoms with E-state index in [0.717, 1.165) is 70.3 Å². The number of carbonyl (C=O) groups is 2. The van der Waals surface area contributed by atoms with E-state index >= 15 is 0 Å². The number of aromatic nitrogens is 1. The standard InChI is InChI=1S/C26H37N5O3S.C2HF3O2/c1-3-13-31(14-4-2)26(32)24-18-22(19-28-25(24)30-15-11-27-12-16-30)29-35(33,34)23-10-9-20-7-5-6-8-21(20)17-23;3-2(4,5)1(6)7/h9-10,17-19,27,29H,3-8,11-16H2,1-2H3;(H,6,7). The van der Waals surface area contributed by atoms with Crippen molar-refractivity contribution in [1.29, 1.82) is 0 Å². The minimum atomic E-state index is -5.08. The number of alkyl halides is 3. The SMILES string of the molecule is CCCN(CCC)C(=O)c1cc(NS(=O)(=O)c2ccc3c(c2)CCCC3)cnc1N1CCNCC1.O=C(O)C(F)(F)F. The third-order valence-electron chi connectivity index (χ3n) is 6.91. The Morgan fingerprint density at radius 1 is 1.05 bits per heavy atom. The van der Waals surface area contributed by atoms with Crippen molar-refractivity contribution in [2.24, 2.45) is 0 Å². The lowest BCUT2D eigenvalue weighted by Gasteiger charge is -2.31. The first-order valence-electron chi connectivity index (χ1n) is 14.1. The number of hydrogen-bond acceptors (Lipinski definition) is 7. The normalized spacial score (nSPS) is 15.2. The minimum absolute atomic E-state index is 0.107. The van der Waals surface area contributed by atoms with Crippen LogP contribution < -0.4 is 14.9 Å². The Labute approximate surface area is 244 Å². The number of aliphatic carboxylic acids is 1. The van der Waals surface area contributed by atoms with E-state index in [-0.39, 0.29) is 10.8 Å². The van der Waals surface area contributed by atoms with Crippen LogP contribution in [-0.2, 0) is 27.7 Å². The number of sulfonamides is 1. The summed E-state index contributed by atoms with van der Waals surface area (Å²) < 4.78 is 60.9. The van der Waals surface area contributed by atoms with Crippen molar-refractivity contribution in [2.45, 2.75) is 63.4 Å². The number of piperazine rings is 1. The lowest BCUT2D eigenvalue weighted by Crippen LogP contribution is -2.45. The maximum atomic E-state index is 13.6. The zero-order valence-electron chi connectivity index (χ0n) is 23.8. The summed E-state index contributed by atoms with van der Waals surface area (Å²) in [6, 6.07) is 7.04. The Kier molecular flexibility index (Phi) is 11.6. The molecule has 14 heteroatoms. The second-order valence-corrected chi connectivity index (χ2v) is 11.9. The molecule has 1 aliphatic heterocycles. The van der Waals surface area contributed by atoms with Crippen LogP contribution in [0.15, 0.2) is 35.4 Å². The van der Waals surface area contributed by atoms with Gasteiger partial charge in [-0.05, 0) is 67.9 Å². The maximum Gasteiger partial charge on any atom is 0.490 e. The highest BCUT2D eigenvalue weighted by Gasteiger charge is 2.38. The first-order valence-corrected chi connectivity index (χ1v) is 15.5. The van der Waals surface area contributed by atoms with Crippen LogP contribution in [0.3, 0.4) is 0 Å². The average molecular weight is 614 g/mol. The molecule has 0 saturated carbocycles. The van der Waals surface area contributed by atoms with E-state index in [1.807, 2.05) is 11.0 Å². The second kappa shape index (κ2) is 14.7. The predicted octanol–water partition coefficient (Wildman–Crippen LogP) is 4.07. The molecule has 0 bridgehead atoms. The fourth-order valence-electron chi connectivity index (χ4n) is 4.92. The second-order valence-electron chi connectivity index (χ2n) is 10.2. The van der Waals surface area contributed by atoms with E-state index in [9.17, 15) is 26.4 Å². The monoisotopic (exact) mass is 613 g/mol. The van der Waals surface area contributed by atoms with Crippen LogP contribution in [0.2, 0.25) is 0 Å². The van der Waals surface area contributed by atoms with Crippen LogP contribution in [0.1, 0.15) is 61.0 Å². The number of nitrogens with one attached hydrogen (secondary N) is 2. The topological polar surface area (TPSA) is 132 Å². The van der Waals surface area contributed by atoms with E-state index in [0.29, 0.717) is 30.2 Å². The summed E-state index contributed by atoms with van der Waals surface area (Å²) >= 11 is 0. The number of carboxylic acid groups (broad SMARTS) is 1. The fraction of sp³-hybridized carbons (Fsp3) is 0.536. The number of fused-ring (bicyclic) bond motifs is 1. The molecule has 1 aliphatic carbocycles. The molecule has 1 amide bonds. The number of nitrogens with zero attached hydrogens (tertiary/aromatic N) is 3. The van der Waals surface area contributed by atoms with E-state index in [2.05, 4.69) is 33.8 Å². The Hall–Kier alpha value is -3.39. The lowest BCUT2D eigenvalue weighted by atomic mass is 9.92. The molecule has 1 aromatic heterocycles. The number of benzene rings is 1. The van der Waals surface area contributed by atoms with Crippen molar-refractivity contribution in [3.63, 3.8) is 0 Å². The molecule has 1 aromatic carbocycles. The van der Waals surface area contributed by atoms with Gasteiger partial charge in [-0.2, -0.15) is 13.2 Å². The largest absolute Gasteiger partial charge is 0.490 e. The fourth-order valence-corrected chi connectivity index (χ4v) is 6.00. The third-order valence-corrected chi connectivity index (χ3v) is 8.29. The Morgan fingerprint density at radius 3 is 2.21 bits per heavy atom. The predicted molar refractivity (Wildman–Crippen MR) is 153 cm³/mol. The van der Waals surface area contributed by atoms with Crippen LogP contribution in [0, 0.1) is 0 Å². The van der Waals surface area contributed by atoms with Crippen LogP contribution in [0.25, 0.3) is 0 Å². The highest BCUT2D eigenvalue weighted by molar-refractivity contribution is 7.92. The summed E-state index contributed by atoms with van der Waals surface area (Å²) in [5.74, 6) is -2.25. The molecule has 3 N–H and O–H groups in total. The van der Waals surface area contributed by atoms with Gasteiger partial charge in [0.05, 0.1) is 22.3 Å². The molecule has 1 fully saturated rings. The van der Waals surface area contributed by atoms with Crippen molar-refractivity contribution >= 4 is 33.4 Å². The van der Waals surface area contributed by atoms with Gasteiger partial charge in [0.25, 0.3) is 15.9 Å². The Bertz CT molecular complexity index is 1340. The molecular formula is C28H38F3N5O5S. The van der Waals surface area contributed by atoms with E-state index < -0.39 is 22.2 Å². The van der Waals surface area contributed by atoms with Crippen LogP contribution in [0.4, 0.5) is 24.7 Å². The number of carboxylic acids is 1. The molecule has 0 spiro atoms.